The summed E-state index contributed by atoms with van der Waals surface area (Å²) in [7, 11) is -3.75. The summed E-state index contributed by atoms with van der Waals surface area (Å²) < 4.78 is 40.8. The van der Waals surface area contributed by atoms with Crippen molar-refractivity contribution in [3.63, 3.8) is 0 Å². The van der Waals surface area contributed by atoms with E-state index in [-0.39, 0.29) is 22.9 Å². The first-order valence-electron chi connectivity index (χ1n) is 7.52. The summed E-state index contributed by atoms with van der Waals surface area (Å²) in [6.07, 6.45) is 0.617. The Kier molecular flexibility index (Phi) is 4.38. The van der Waals surface area contributed by atoms with Crippen molar-refractivity contribution in [2.45, 2.75) is 24.8 Å². The molecule has 1 heterocycles. The molecule has 0 fully saturated rings. The van der Waals surface area contributed by atoms with Crippen LogP contribution in [0.4, 0.5) is 10.1 Å². The van der Waals surface area contributed by atoms with Crippen molar-refractivity contribution in [1.29, 1.82) is 0 Å². The molecule has 0 aliphatic carbocycles. The van der Waals surface area contributed by atoms with E-state index in [1.165, 1.54) is 25.1 Å². The molecule has 0 aromatic heterocycles. The largest absolute Gasteiger partial charge is 0.312 e. The summed E-state index contributed by atoms with van der Waals surface area (Å²) >= 11 is 0. The lowest BCUT2D eigenvalue weighted by Gasteiger charge is -2.15. The van der Waals surface area contributed by atoms with Crippen LogP contribution in [-0.2, 0) is 27.8 Å². The number of sulfonamides is 1. The van der Waals surface area contributed by atoms with E-state index in [0.29, 0.717) is 13.0 Å². The van der Waals surface area contributed by atoms with Crippen LogP contribution >= 0.6 is 0 Å². The van der Waals surface area contributed by atoms with Crippen LogP contribution in [0.2, 0.25) is 0 Å². The summed E-state index contributed by atoms with van der Waals surface area (Å²) in [4.78, 5) is 13.3. The number of nitrogens with zero attached hydrogens (tertiary/aromatic N) is 1. The standard InChI is InChI=1S/C17H17FN2O3S/c1-12(21)20-9-8-13-10-15(6-7-17(13)20)24(22,23)19-11-14-4-2-3-5-16(14)18/h2-7,10,19H,8-9,11H2,1H3. The third-order valence-electron chi connectivity index (χ3n) is 4.05. The Labute approximate surface area is 140 Å². The Bertz CT molecular complexity index is 896. The molecule has 0 saturated heterocycles. The van der Waals surface area contributed by atoms with Crippen LogP contribution in [0.25, 0.3) is 0 Å². The van der Waals surface area contributed by atoms with Crippen molar-refractivity contribution in [1.82, 2.24) is 4.72 Å². The highest BCUT2D eigenvalue weighted by Gasteiger charge is 2.24. The van der Waals surface area contributed by atoms with E-state index in [0.717, 1.165) is 11.3 Å². The summed E-state index contributed by atoms with van der Waals surface area (Å²) in [5.74, 6) is -0.520. The van der Waals surface area contributed by atoms with Crippen LogP contribution in [0.3, 0.4) is 0 Å². The Balaban J connectivity index is 1.81. The lowest BCUT2D eigenvalue weighted by Crippen LogP contribution is -2.26. The predicted octanol–water partition coefficient (Wildman–Crippen LogP) is 2.21. The lowest BCUT2D eigenvalue weighted by molar-refractivity contribution is -0.116. The van der Waals surface area contributed by atoms with Crippen LogP contribution in [0.15, 0.2) is 47.4 Å². The van der Waals surface area contributed by atoms with Gasteiger partial charge in [-0.25, -0.2) is 17.5 Å². The molecule has 1 amide bonds. The number of nitrogens with one attached hydrogen (secondary N) is 1. The Hall–Kier alpha value is -2.25. The second-order valence-corrected chi connectivity index (χ2v) is 7.39. The van der Waals surface area contributed by atoms with Gasteiger partial charge in [0.25, 0.3) is 0 Å². The van der Waals surface area contributed by atoms with E-state index in [9.17, 15) is 17.6 Å². The van der Waals surface area contributed by atoms with Gasteiger partial charge in [0.15, 0.2) is 0 Å². The third-order valence-corrected chi connectivity index (χ3v) is 5.45. The summed E-state index contributed by atoms with van der Waals surface area (Å²) in [5, 5.41) is 0. The van der Waals surface area contributed by atoms with Gasteiger partial charge < -0.3 is 4.90 Å². The number of carbonyl (C=O) groups is 1. The van der Waals surface area contributed by atoms with E-state index in [2.05, 4.69) is 4.72 Å². The average molecular weight is 348 g/mol. The van der Waals surface area contributed by atoms with Crippen molar-refractivity contribution < 1.29 is 17.6 Å². The lowest BCUT2D eigenvalue weighted by atomic mass is 10.2. The molecular weight excluding hydrogens is 331 g/mol. The molecule has 2 aromatic carbocycles. The van der Waals surface area contributed by atoms with Gasteiger partial charge in [-0.15, -0.1) is 0 Å². The molecule has 0 saturated carbocycles. The number of benzene rings is 2. The highest BCUT2D eigenvalue weighted by atomic mass is 32.2. The maximum atomic E-state index is 13.6. The molecule has 0 radical (unpaired) electrons. The highest BCUT2D eigenvalue weighted by Crippen LogP contribution is 2.30. The molecule has 5 nitrogen and oxygen atoms in total. The predicted molar refractivity (Wildman–Crippen MR) is 88.6 cm³/mol. The van der Waals surface area contributed by atoms with Crippen molar-refractivity contribution in [2.24, 2.45) is 0 Å². The van der Waals surface area contributed by atoms with Gasteiger partial charge in [-0.2, -0.15) is 0 Å². The maximum Gasteiger partial charge on any atom is 0.240 e. The van der Waals surface area contributed by atoms with Gasteiger partial charge in [0, 0.05) is 31.3 Å². The number of rotatable bonds is 4. The normalized spacial score (nSPS) is 13.8. The van der Waals surface area contributed by atoms with E-state index < -0.39 is 15.8 Å². The first-order valence-corrected chi connectivity index (χ1v) is 9.01. The molecule has 3 rings (SSSR count). The summed E-state index contributed by atoms with van der Waals surface area (Å²) in [6.45, 7) is 1.91. The van der Waals surface area contributed by atoms with Crippen LogP contribution < -0.4 is 9.62 Å². The zero-order chi connectivity index (χ0) is 17.3. The number of amides is 1. The molecule has 0 unspecified atom stereocenters. The quantitative estimate of drug-likeness (QED) is 0.921. The minimum Gasteiger partial charge on any atom is -0.312 e. The van der Waals surface area contributed by atoms with Gasteiger partial charge >= 0.3 is 0 Å². The van der Waals surface area contributed by atoms with E-state index >= 15 is 0 Å². The van der Waals surface area contributed by atoms with Crippen LogP contribution in [0.1, 0.15) is 18.1 Å². The Morgan fingerprint density at radius 2 is 2.00 bits per heavy atom. The van der Waals surface area contributed by atoms with Crippen molar-refractivity contribution in [3.05, 3.63) is 59.4 Å². The fourth-order valence-electron chi connectivity index (χ4n) is 2.77. The van der Waals surface area contributed by atoms with Crippen LogP contribution in [-0.4, -0.2) is 20.9 Å². The molecule has 1 N–H and O–H groups in total. The number of hydrogen-bond acceptors (Lipinski definition) is 3. The van der Waals surface area contributed by atoms with Gasteiger partial charge in [0.2, 0.25) is 15.9 Å². The van der Waals surface area contributed by atoms with Gasteiger partial charge in [-0.1, -0.05) is 18.2 Å². The Morgan fingerprint density at radius 1 is 1.25 bits per heavy atom. The molecule has 24 heavy (non-hydrogen) atoms. The van der Waals surface area contributed by atoms with E-state index in [1.54, 1.807) is 29.2 Å². The molecule has 1 aliphatic heterocycles. The van der Waals surface area contributed by atoms with Crippen molar-refractivity contribution in [3.8, 4) is 0 Å². The number of hydrogen-bond donors (Lipinski definition) is 1. The molecule has 1 aliphatic rings. The fraction of sp³-hybridized carbons (Fsp3) is 0.235. The topological polar surface area (TPSA) is 66.5 Å². The molecule has 0 spiro atoms. The van der Waals surface area contributed by atoms with Gasteiger partial charge in [0.1, 0.15) is 5.82 Å². The van der Waals surface area contributed by atoms with Crippen molar-refractivity contribution in [2.75, 3.05) is 11.4 Å². The number of anilines is 1. The molecule has 0 bridgehead atoms. The zero-order valence-corrected chi connectivity index (χ0v) is 13.9. The highest BCUT2D eigenvalue weighted by molar-refractivity contribution is 7.89. The maximum absolute atomic E-state index is 13.6. The van der Waals surface area contributed by atoms with Crippen LogP contribution in [0, 0.1) is 5.82 Å². The SMILES string of the molecule is CC(=O)N1CCc2cc(S(=O)(=O)NCc3ccccc3F)ccc21. The number of carbonyl (C=O) groups excluding carboxylic acids is 1. The summed E-state index contributed by atoms with van der Waals surface area (Å²) in [6, 6.07) is 10.7. The first kappa shape index (κ1) is 16.6. The summed E-state index contributed by atoms with van der Waals surface area (Å²) in [5.41, 5.74) is 1.85. The van der Waals surface area contributed by atoms with Crippen LogP contribution in [0.5, 0.6) is 0 Å². The van der Waals surface area contributed by atoms with Gasteiger partial charge in [-0.3, -0.25) is 4.79 Å². The first-order chi connectivity index (χ1) is 11.4. The fourth-order valence-corrected chi connectivity index (χ4v) is 3.83. The monoisotopic (exact) mass is 348 g/mol. The molecule has 0 atom stereocenters. The zero-order valence-electron chi connectivity index (χ0n) is 13.1. The second kappa shape index (κ2) is 6.33. The minimum atomic E-state index is -3.75. The van der Waals surface area contributed by atoms with Gasteiger partial charge in [0.05, 0.1) is 4.90 Å². The second-order valence-electron chi connectivity index (χ2n) is 5.63. The van der Waals surface area contributed by atoms with Gasteiger partial charge in [-0.05, 0) is 36.2 Å². The third kappa shape index (κ3) is 3.18. The van der Waals surface area contributed by atoms with E-state index in [4.69, 9.17) is 0 Å². The Morgan fingerprint density at radius 3 is 2.71 bits per heavy atom. The number of fused-ring (bicyclic) bond motifs is 1. The minimum absolute atomic E-state index is 0.0676. The van der Waals surface area contributed by atoms with Crippen molar-refractivity contribution >= 4 is 21.6 Å². The average Bonchev–Trinajstić information content (AvgIpc) is 2.97. The smallest absolute Gasteiger partial charge is 0.240 e. The molecule has 126 valence electrons. The number of halogens is 1. The van der Waals surface area contributed by atoms with E-state index in [1.807, 2.05) is 0 Å². The molecule has 7 heteroatoms. The molecular formula is C17H17FN2O3S. The molecule has 2 aromatic rings.